The Morgan fingerprint density at radius 2 is 0.591 bits per heavy atom. The molecule has 0 aliphatic heterocycles. The van der Waals surface area contributed by atoms with Crippen LogP contribution in [-0.2, 0) is 28.6 Å². The first kappa shape index (κ1) is 63.1. The van der Waals surface area contributed by atoms with E-state index in [4.69, 9.17) is 14.2 Å². The Morgan fingerprint density at radius 3 is 0.939 bits per heavy atom. The molecule has 0 aromatic rings. The molecule has 0 aliphatic carbocycles. The van der Waals surface area contributed by atoms with Crippen LogP contribution in [0.25, 0.3) is 0 Å². The molecule has 0 heterocycles. The summed E-state index contributed by atoms with van der Waals surface area (Å²) in [4.78, 5) is 37.9. The molecule has 382 valence electrons. The maximum atomic E-state index is 12.8. The molecule has 1 atom stereocenters. The Labute approximate surface area is 409 Å². The lowest BCUT2D eigenvalue weighted by Crippen LogP contribution is -2.30. The van der Waals surface area contributed by atoms with Gasteiger partial charge in [-0.15, -0.1) is 0 Å². The van der Waals surface area contributed by atoms with Crippen molar-refractivity contribution in [2.45, 2.75) is 290 Å². The minimum Gasteiger partial charge on any atom is -0.462 e. The zero-order chi connectivity index (χ0) is 47.9. The molecular formula is C60H106O6. The molecule has 66 heavy (non-hydrogen) atoms. The van der Waals surface area contributed by atoms with Gasteiger partial charge in [0, 0.05) is 19.3 Å². The first-order chi connectivity index (χ1) is 32.5. The fraction of sp³-hybridized carbons (Fsp3) is 0.783. The van der Waals surface area contributed by atoms with Crippen LogP contribution >= 0.6 is 0 Å². The topological polar surface area (TPSA) is 78.9 Å². The molecule has 0 saturated carbocycles. The average molecular weight is 924 g/mol. The van der Waals surface area contributed by atoms with Gasteiger partial charge in [-0.1, -0.05) is 242 Å². The summed E-state index contributed by atoms with van der Waals surface area (Å²) in [5.74, 6) is -0.882. The number of ether oxygens (including phenoxy) is 3. The van der Waals surface area contributed by atoms with Crippen LogP contribution in [0.1, 0.15) is 284 Å². The van der Waals surface area contributed by atoms with Crippen LogP contribution in [0.5, 0.6) is 0 Å². The third-order valence-electron chi connectivity index (χ3n) is 12.3. The molecule has 1 unspecified atom stereocenters. The number of carbonyl (C=O) groups is 3. The molecule has 0 saturated heterocycles. The molecule has 0 spiro atoms. The average Bonchev–Trinajstić information content (AvgIpc) is 3.31. The number of hydrogen-bond acceptors (Lipinski definition) is 6. The Hall–Kier alpha value is -2.89. The van der Waals surface area contributed by atoms with E-state index in [1.807, 2.05) is 0 Å². The van der Waals surface area contributed by atoms with Crippen LogP contribution in [0.4, 0.5) is 0 Å². The van der Waals surface area contributed by atoms with E-state index in [2.05, 4.69) is 81.5 Å². The van der Waals surface area contributed by atoms with Crippen LogP contribution < -0.4 is 0 Å². The zero-order valence-electron chi connectivity index (χ0n) is 43.7. The smallest absolute Gasteiger partial charge is 0.306 e. The predicted molar refractivity (Wildman–Crippen MR) is 284 cm³/mol. The van der Waals surface area contributed by atoms with Crippen LogP contribution in [-0.4, -0.2) is 37.2 Å². The lowest BCUT2D eigenvalue weighted by Gasteiger charge is -2.18. The summed E-state index contributed by atoms with van der Waals surface area (Å²) < 4.78 is 16.8. The maximum absolute atomic E-state index is 12.8. The number of carbonyl (C=O) groups excluding carboxylic acids is 3. The molecule has 0 fully saturated rings. The molecule has 6 heteroatoms. The number of esters is 3. The van der Waals surface area contributed by atoms with Gasteiger partial charge in [0.2, 0.25) is 0 Å². The maximum Gasteiger partial charge on any atom is 0.306 e. The molecule has 0 N–H and O–H groups in total. The quantitative estimate of drug-likeness (QED) is 0.0262. The number of unbranched alkanes of at least 4 members (excludes halogenated alkanes) is 30. The van der Waals surface area contributed by atoms with Crippen molar-refractivity contribution >= 4 is 17.9 Å². The SMILES string of the molecule is CC/C=C\C/C=C\C/C=C\C/C=C\CCCCCCCCCCCCC(=O)OCC(COC(=O)CCCCCCCCC)OC(=O)CCCCCCCCC/C=C\CCCCCCCCC. The lowest BCUT2D eigenvalue weighted by molar-refractivity contribution is -0.167. The summed E-state index contributed by atoms with van der Waals surface area (Å²) in [6.45, 7) is 6.50. The van der Waals surface area contributed by atoms with Crippen molar-refractivity contribution < 1.29 is 28.6 Å². The third-order valence-corrected chi connectivity index (χ3v) is 12.3. The Bertz CT molecular complexity index is 1200. The van der Waals surface area contributed by atoms with E-state index in [0.29, 0.717) is 19.3 Å². The van der Waals surface area contributed by atoms with E-state index < -0.39 is 6.10 Å². The van der Waals surface area contributed by atoms with Gasteiger partial charge in [0.1, 0.15) is 13.2 Å². The van der Waals surface area contributed by atoms with E-state index in [1.54, 1.807) is 0 Å². The summed E-state index contributed by atoms with van der Waals surface area (Å²) in [6.07, 6.45) is 68.0. The van der Waals surface area contributed by atoms with Gasteiger partial charge in [-0.05, 0) is 83.5 Å². The third kappa shape index (κ3) is 52.1. The molecule has 0 radical (unpaired) electrons. The van der Waals surface area contributed by atoms with Gasteiger partial charge < -0.3 is 14.2 Å². The Balaban J connectivity index is 4.19. The largest absolute Gasteiger partial charge is 0.462 e. The van der Waals surface area contributed by atoms with Gasteiger partial charge in [0.05, 0.1) is 0 Å². The van der Waals surface area contributed by atoms with Crippen molar-refractivity contribution in [3.8, 4) is 0 Å². The summed E-state index contributed by atoms with van der Waals surface area (Å²) in [5, 5.41) is 0. The number of rotatable bonds is 51. The zero-order valence-corrected chi connectivity index (χ0v) is 43.7. The fourth-order valence-electron chi connectivity index (χ4n) is 8.02. The van der Waals surface area contributed by atoms with E-state index in [1.165, 1.54) is 161 Å². The van der Waals surface area contributed by atoms with Gasteiger partial charge in [-0.25, -0.2) is 0 Å². The van der Waals surface area contributed by atoms with Crippen molar-refractivity contribution in [2.75, 3.05) is 13.2 Å². The van der Waals surface area contributed by atoms with Gasteiger partial charge in [0.25, 0.3) is 0 Å². The van der Waals surface area contributed by atoms with E-state index in [-0.39, 0.29) is 31.1 Å². The van der Waals surface area contributed by atoms with Crippen molar-refractivity contribution in [2.24, 2.45) is 0 Å². The highest BCUT2D eigenvalue weighted by Gasteiger charge is 2.19. The first-order valence-electron chi connectivity index (χ1n) is 28.3. The molecule has 0 aromatic heterocycles. The second kappa shape index (κ2) is 54.7. The Kier molecular flexibility index (Phi) is 52.3. The minimum atomic E-state index is -0.774. The molecular weight excluding hydrogens is 817 g/mol. The van der Waals surface area contributed by atoms with Crippen molar-refractivity contribution in [3.63, 3.8) is 0 Å². The summed E-state index contributed by atoms with van der Waals surface area (Å²) in [5.41, 5.74) is 0. The highest BCUT2D eigenvalue weighted by Crippen LogP contribution is 2.15. The van der Waals surface area contributed by atoms with E-state index in [0.717, 1.165) is 83.5 Å². The normalized spacial score (nSPS) is 12.5. The molecule has 0 aromatic carbocycles. The first-order valence-corrected chi connectivity index (χ1v) is 28.3. The van der Waals surface area contributed by atoms with Gasteiger partial charge in [-0.2, -0.15) is 0 Å². The Morgan fingerprint density at radius 1 is 0.318 bits per heavy atom. The monoisotopic (exact) mass is 923 g/mol. The highest BCUT2D eigenvalue weighted by molar-refractivity contribution is 5.71. The van der Waals surface area contributed by atoms with Crippen molar-refractivity contribution in [1.29, 1.82) is 0 Å². The van der Waals surface area contributed by atoms with Gasteiger partial charge in [-0.3, -0.25) is 14.4 Å². The van der Waals surface area contributed by atoms with Crippen LogP contribution in [0.15, 0.2) is 60.8 Å². The van der Waals surface area contributed by atoms with E-state index in [9.17, 15) is 14.4 Å². The number of allylic oxidation sites excluding steroid dienone is 10. The summed E-state index contributed by atoms with van der Waals surface area (Å²) in [7, 11) is 0. The fourth-order valence-corrected chi connectivity index (χ4v) is 8.02. The van der Waals surface area contributed by atoms with E-state index >= 15 is 0 Å². The molecule has 6 nitrogen and oxygen atoms in total. The summed E-state index contributed by atoms with van der Waals surface area (Å²) in [6, 6.07) is 0. The molecule has 0 amide bonds. The highest BCUT2D eigenvalue weighted by atomic mass is 16.6. The van der Waals surface area contributed by atoms with Crippen molar-refractivity contribution in [3.05, 3.63) is 60.8 Å². The van der Waals surface area contributed by atoms with Gasteiger partial charge in [0.15, 0.2) is 6.10 Å². The van der Waals surface area contributed by atoms with Crippen LogP contribution in [0, 0.1) is 0 Å². The molecule has 0 bridgehead atoms. The van der Waals surface area contributed by atoms with Crippen LogP contribution in [0.3, 0.4) is 0 Å². The predicted octanol–water partition coefficient (Wildman–Crippen LogP) is 18.8. The standard InChI is InChI=1S/C60H106O6/c1-4-7-10-13-16-18-20-22-24-26-28-29-30-31-32-34-35-37-39-41-44-47-50-53-59(62)65-56-57(55-64-58(61)52-49-46-43-15-12-9-6-3)66-60(63)54-51-48-45-42-40-38-36-33-27-25-23-21-19-17-14-11-8-5-2/h7,10,16,18,22,24-25,27-29,57H,4-6,8-9,11-15,17,19-21,23,26,30-56H2,1-3H3/b10-7-,18-16-,24-22-,27-25-,29-28-. The van der Waals surface area contributed by atoms with Gasteiger partial charge >= 0.3 is 17.9 Å². The second-order valence-electron chi connectivity index (χ2n) is 18.8. The minimum absolute atomic E-state index is 0.0754. The lowest BCUT2D eigenvalue weighted by atomic mass is 10.1. The molecule has 0 rings (SSSR count). The van der Waals surface area contributed by atoms with Crippen molar-refractivity contribution in [1.82, 2.24) is 0 Å². The second-order valence-corrected chi connectivity index (χ2v) is 18.8. The molecule has 0 aliphatic rings. The van der Waals surface area contributed by atoms with Crippen LogP contribution in [0.2, 0.25) is 0 Å². The summed E-state index contributed by atoms with van der Waals surface area (Å²) >= 11 is 0. The number of hydrogen-bond donors (Lipinski definition) is 0.